The van der Waals surface area contributed by atoms with Gasteiger partial charge < -0.3 is 4.74 Å². The third-order valence-corrected chi connectivity index (χ3v) is 6.89. The van der Waals surface area contributed by atoms with E-state index in [0.717, 1.165) is 6.26 Å². The van der Waals surface area contributed by atoms with Gasteiger partial charge in [0.25, 0.3) is 0 Å². The Hall–Kier alpha value is -2.97. The van der Waals surface area contributed by atoms with Gasteiger partial charge in [-0.05, 0) is 48.4 Å². The molecule has 0 bridgehead atoms. The lowest BCUT2D eigenvalue weighted by Crippen LogP contribution is -2.22. The Balaban J connectivity index is 1.72. The molecule has 4 rings (SSSR count). The number of carbonyl (C=O) groups is 1. The van der Waals surface area contributed by atoms with E-state index < -0.39 is 26.1 Å². The second kappa shape index (κ2) is 8.04. The topological polar surface area (TPSA) is 89.5 Å². The summed E-state index contributed by atoms with van der Waals surface area (Å²) >= 11 is 0. The van der Waals surface area contributed by atoms with Gasteiger partial charge in [-0.1, -0.05) is 36.4 Å². The fraction of sp³-hybridized carbons (Fsp3) is 0.136. The van der Waals surface area contributed by atoms with Crippen molar-refractivity contribution in [3.05, 3.63) is 83.9 Å². The number of Topliss-reactive ketones (excluding diaryl/α,β-unsaturated/α-hetero) is 1. The lowest BCUT2D eigenvalue weighted by Gasteiger charge is -2.14. The normalized spacial score (nSPS) is 16.7. The molecule has 3 aromatic carbocycles. The number of sulfonamides is 1. The lowest BCUT2D eigenvalue weighted by molar-refractivity contribution is 0.0998. The molecule has 2 unspecified atom stereocenters. The second-order valence-corrected chi connectivity index (χ2v) is 10.3. The molecule has 0 saturated carbocycles. The van der Waals surface area contributed by atoms with Crippen molar-refractivity contribution in [3.8, 4) is 11.5 Å². The van der Waals surface area contributed by atoms with Crippen molar-refractivity contribution in [2.45, 2.75) is 16.6 Å². The smallest absolute Gasteiger partial charge is 0.229 e. The van der Waals surface area contributed by atoms with Crippen LogP contribution in [0, 0.1) is 0 Å². The summed E-state index contributed by atoms with van der Waals surface area (Å²) < 4.78 is 45.0. The molecule has 0 radical (unpaired) electrons. The average molecular weight is 442 g/mol. The van der Waals surface area contributed by atoms with Gasteiger partial charge in [0.15, 0.2) is 11.5 Å². The first kappa shape index (κ1) is 20.3. The first-order valence-electron chi connectivity index (χ1n) is 9.19. The second-order valence-electron chi connectivity index (χ2n) is 6.96. The van der Waals surface area contributed by atoms with Crippen LogP contribution in [-0.2, 0) is 27.2 Å². The summed E-state index contributed by atoms with van der Waals surface area (Å²) in [5.74, 6) is 0.477. The maximum absolute atomic E-state index is 13.0. The van der Waals surface area contributed by atoms with Gasteiger partial charge in [0, 0.05) is 10.5 Å². The van der Waals surface area contributed by atoms with E-state index in [-0.39, 0.29) is 23.6 Å². The summed E-state index contributed by atoms with van der Waals surface area (Å²) in [4.78, 5) is 13.6. The van der Waals surface area contributed by atoms with Gasteiger partial charge >= 0.3 is 0 Å². The highest BCUT2D eigenvalue weighted by atomic mass is 32.2. The Morgan fingerprint density at radius 1 is 1.00 bits per heavy atom. The van der Waals surface area contributed by atoms with Crippen molar-refractivity contribution < 1.29 is 22.2 Å². The highest BCUT2D eigenvalue weighted by Crippen LogP contribution is 2.38. The van der Waals surface area contributed by atoms with Crippen molar-refractivity contribution in [3.63, 3.8) is 0 Å². The SMILES string of the molecule is CS(=O)(=O)Nc1cc2c(cc1Oc1ccccc1)C(=O)C(S(=O)c1ccccc1)C2. The van der Waals surface area contributed by atoms with Crippen LogP contribution in [0.2, 0.25) is 0 Å². The molecule has 154 valence electrons. The summed E-state index contributed by atoms with van der Waals surface area (Å²) in [5.41, 5.74) is 1.27. The van der Waals surface area contributed by atoms with Crippen molar-refractivity contribution in [1.82, 2.24) is 0 Å². The maximum Gasteiger partial charge on any atom is 0.229 e. The van der Waals surface area contributed by atoms with Crippen molar-refractivity contribution >= 4 is 32.3 Å². The predicted molar refractivity (Wildman–Crippen MR) is 116 cm³/mol. The van der Waals surface area contributed by atoms with E-state index in [4.69, 9.17) is 4.74 Å². The number of fused-ring (bicyclic) bond motifs is 1. The fourth-order valence-corrected chi connectivity index (χ4v) is 5.33. The molecular weight excluding hydrogens is 422 g/mol. The van der Waals surface area contributed by atoms with Crippen LogP contribution in [-0.4, -0.2) is 29.9 Å². The number of carbonyl (C=O) groups excluding carboxylic acids is 1. The quantitative estimate of drug-likeness (QED) is 0.629. The van der Waals surface area contributed by atoms with Gasteiger partial charge in [-0.2, -0.15) is 0 Å². The standard InChI is InChI=1S/C22H19NO5S2/c1-30(26,27)23-19-12-15-13-21(29(25)17-10-6-3-7-11-17)22(24)18(15)14-20(19)28-16-8-4-2-5-9-16/h2-12,14,21,23H,13H2,1H3. The molecule has 6 nitrogen and oxygen atoms in total. The zero-order valence-corrected chi connectivity index (χ0v) is 17.7. The number of ketones is 1. The molecule has 0 spiro atoms. The van der Waals surface area contributed by atoms with Gasteiger partial charge in [0.05, 0.1) is 22.7 Å². The van der Waals surface area contributed by atoms with Crippen LogP contribution >= 0.6 is 0 Å². The summed E-state index contributed by atoms with van der Waals surface area (Å²) in [5, 5.41) is -0.722. The minimum atomic E-state index is -3.57. The largest absolute Gasteiger partial charge is 0.455 e. The number of nitrogens with one attached hydrogen (secondary N) is 1. The number of hydrogen-bond acceptors (Lipinski definition) is 5. The van der Waals surface area contributed by atoms with Gasteiger partial charge in [0.1, 0.15) is 11.0 Å². The number of para-hydroxylation sites is 1. The van der Waals surface area contributed by atoms with Crippen LogP contribution in [0.4, 0.5) is 5.69 Å². The molecule has 1 aliphatic carbocycles. The Morgan fingerprint density at radius 2 is 1.63 bits per heavy atom. The molecule has 3 aromatic rings. The Kier molecular flexibility index (Phi) is 5.44. The van der Waals surface area contributed by atoms with Crippen molar-refractivity contribution in [1.29, 1.82) is 0 Å². The van der Waals surface area contributed by atoms with E-state index in [0.29, 0.717) is 21.8 Å². The summed E-state index contributed by atoms with van der Waals surface area (Å²) in [6, 6.07) is 20.8. The highest BCUT2D eigenvalue weighted by Gasteiger charge is 2.36. The molecule has 0 saturated heterocycles. The number of ether oxygens (including phenoxy) is 1. The van der Waals surface area contributed by atoms with Crippen LogP contribution in [0.1, 0.15) is 15.9 Å². The lowest BCUT2D eigenvalue weighted by atomic mass is 10.1. The minimum absolute atomic E-state index is 0.213. The van der Waals surface area contributed by atoms with Crippen LogP contribution in [0.3, 0.4) is 0 Å². The molecule has 30 heavy (non-hydrogen) atoms. The van der Waals surface area contributed by atoms with Crippen LogP contribution < -0.4 is 9.46 Å². The Labute approximate surface area is 177 Å². The fourth-order valence-electron chi connectivity index (χ4n) is 3.36. The first-order chi connectivity index (χ1) is 14.3. The monoisotopic (exact) mass is 441 g/mol. The molecule has 0 aliphatic heterocycles. The van der Waals surface area contributed by atoms with E-state index in [2.05, 4.69) is 4.72 Å². The molecule has 8 heteroatoms. The number of anilines is 1. The number of hydrogen-bond donors (Lipinski definition) is 1. The third-order valence-electron chi connectivity index (χ3n) is 4.67. The van der Waals surface area contributed by atoms with Crippen LogP contribution in [0.15, 0.2) is 77.7 Å². The summed E-state index contributed by atoms with van der Waals surface area (Å²) in [7, 11) is -5.08. The van der Waals surface area contributed by atoms with Gasteiger partial charge in [-0.25, -0.2) is 8.42 Å². The molecule has 0 amide bonds. The first-order valence-corrected chi connectivity index (χ1v) is 12.3. The van der Waals surface area contributed by atoms with Gasteiger partial charge in [0.2, 0.25) is 10.0 Å². The summed E-state index contributed by atoms with van der Waals surface area (Å²) in [6.45, 7) is 0. The van der Waals surface area contributed by atoms with Gasteiger partial charge in [-0.15, -0.1) is 0 Å². The number of benzene rings is 3. The van der Waals surface area contributed by atoms with Crippen molar-refractivity contribution in [2.24, 2.45) is 0 Å². The van der Waals surface area contributed by atoms with Crippen LogP contribution in [0.25, 0.3) is 0 Å². The van der Waals surface area contributed by atoms with Crippen LogP contribution in [0.5, 0.6) is 11.5 Å². The molecule has 1 N–H and O–H groups in total. The minimum Gasteiger partial charge on any atom is -0.455 e. The molecule has 0 heterocycles. The van der Waals surface area contributed by atoms with E-state index >= 15 is 0 Å². The van der Waals surface area contributed by atoms with E-state index in [9.17, 15) is 17.4 Å². The molecular formula is C22H19NO5S2. The third kappa shape index (κ3) is 4.29. The van der Waals surface area contributed by atoms with E-state index in [1.54, 1.807) is 54.6 Å². The van der Waals surface area contributed by atoms with Gasteiger partial charge in [-0.3, -0.25) is 13.7 Å². The van der Waals surface area contributed by atoms with E-state index in [1.807, 2.05) is 12.1 Å². The Bertz CT molecular complexity index is 1230. The number of rotatable bonds is 6. The Morgan fingerprint density at radius 3 is 2.27 bits per heavy atom. The predicted octanol–water partition coefficient (Wildman–Crippen LogP) is 3.77. The summed E-state index contributed by atoms with van der Waals surface area (Å²) in [6.07, 6.45) is 1.31. The zero-order chi connectivity index (χ0) is 21.3. The van der Waals surface area contributed by atoms with Crippen molar-refractivity contribution in [2.75, 3.05) is 11.0 Å². The molecule has 0 fully saturated rings. The molecule has 2 atom stereocenters. The maximum atomic E-state index is 13.0. The average Bonchev–Trinajstić information content (AvgIpc) is 3.03. The highest BCUT2D eigenvalue weighted by molar-refractivity contribution is 7.92. The molecule has 1 aliphatic rings. The zero-order valence-electron chi connectivity index (χ0n) is 16.1. The van der Waals surface area contributed by atoms with E-state index in [1.165, 1.54) is 6.07 Å². The molecule has 0 aromatic heterocycles.